The van der Waals surface area contributed by atoms with Gasteiger partial charge in [-0.3, -0.25) is 0 Å². The number of ether oxygens (including phenoxy) is 1. The van der Waals surface area contributed by atoms with E-state index in [0.29, 0.717) is 18.8 Å². The van der Waals surface area contributed by atoms with E-state index in [1.807, 2.05) is 0 Å². The van der Waals surface area contributed by atoms with Crippen molar-refractivity contribution in [3.8, 4) is 0 Å². The summed E-state index contributed by atoms with van der Waals surface area (Å²) in [5, 5.41) is 8.41. The Morgan fingerprint density at radius 3 is 3.00 bits per heavy atom. The molecule has 1 aliphatic heterocycles. The van der Waals surface area contributed by atoms with E-state index in [0.717, 1.165) is 37.5 Å². The molecule has 3 rings (SSSR count). The van der Waals surface area contributed by atoms with Crippen molar-refractivity contribution < 1.29 is 4.74 Å². The first-order valence-electron chi connectivity index (χ1n) is 6.11. The van der Waals surface area contributed by atoms with Crippen molar-refractivity contribution in [3.63, 3.8) is 0 Å². The van der Waals surface area contributed by atoms with Crippen LogP contribution in [0.2, 0.25) is 0 Å². The van der Waals surface area contributed by atoms with Gasteiger partial charge in [-0.2, -0.15) is 0 Å². The molecule has 0 saturated heterocycles. The molecule has 1 fully saturated rings. The molecule has 0 aromatic carbocycles. The highest BCUT2D eigenvalue weighted by Crippen LogP contribution is 2.23. The Balaban J connectivity index is 1.59. The van der Waals surface area contributed by atoms with Crippen LogP contribution in [0, 0.1) is 0 Å². The summed E-state index contributed by atoms with van der Waals surface area (Å²) in [4.78, 5) is 0. The van der Waals surface area contributed by atoms with Crippen LogP contribution < -0.4 is 5.73 Å². The fourth-order valence-corrected chi connectivity index (χ4v) is 2.41. The third-order valence-corrected chi connectivity index (χ3v) is 3.52. The molecule has 1 aromatic rings. The van der Waals surface area contributed by atoms with Crippen molar-refractivity contribution in [1.29, 1.82) is 0 Å². The van der Waals surface area contributed by atoms with Gasteiger partial charge in [0.05, 0.1) is 6.10 Å². The van der Waals surface area contributed by atoms with Crippen LogP contribution in [0.1, 0.15) is 37.3 Å². The second kappa shape index (κ2) is 4.14. The molecular weight excluding hydrogens is 204 g/mol. The van der Waals surface area contributed by atoms with Gasteiger partial charge in [0, 0.05) is 19.0 Å². The van der Waals surface area contributed by atoms with Crippen LogP contribution in [-0.4, -0.2) is 26.9 Å². The molecule has 16 heavy (non-hydrogen) atoms. The first kappa shape index (κ1) is 10.2. The molecule has 0 amide bonds. The smallest absolute Gasteiger partial charge is 0.159 e. The molecular formula is C11H18N4O. The number of hydrogen-bond acceptors (Lipinski definition) is 4. The third-order valence-electron chi connectivity index (χ3n) is 3.52. The number of aromatic nitrogens is 3. The zero-order valence-corrected chi connectivity index (χ0v) is 9.43. The summed E-state index contributed by atoms with van der Waals surface area (Å²) in [7, 11) is 0. The predicted octanol–water partition coefficient (Wildman–Crippen LogP) is 0.621. The molecule has 88 valence electrons. The molecule has 0 spiro atoms. The lowest BCUT2D eigenvalue weighted by Gasteiger charge is -2.32. The summed E-state index contributed by atoms with van der Waals surface area (Å²) in [6.07, 6.45) is 5.83. The Kier molecular flexibility index (Phi) is 2.65. The highest BCUT2D eigenvalue weighted by molar-refractivity contribution is 4.98. The van der Waals surface area contributed by atoms with Gasteiger partial charge in [0.25, 0.3) is 0 Å². The van der Waals surface area contributed by atoms with E-state index in [-0.39, 0.29) is 0 Å². The third kappa shape index (κ3) is 1.85. The summed E-state index contributed by atoms with van der Waals surface area (Å²) < 4.78 is 7.97. The molecule has 0 radical (unpaired) electrons. The molecule has 1 aromatic heterocycles. The van der Waals surface area contributed by atoms with E-state index in [4.69, 9.17) is 10.5 Å². The maximum atomic E-state index is 5.76. The highest BCUT2D eigenvalue weighted by Gasteiger charge is 2.27. The number of nitrogens with zero attached hydrogens (tertiary/aromatic N) is 3. The fourth-order valence-electron chi connectivity index (χ4n) is 2.41. The van der Waals surface area contributed by atoms with Gasteiger partial charge in [-0.15, -0.1) is 10.2 Å². The number of hydrogen-bond donors (Lipinski definition) is 1. The Morgan fingerprint density at radius 1 is 1.31 bits per heavy atom. The first-order chi connectivity index (χ1) is 7.83. The lowest BCUT2D eigenvalue weighted by atomic mass is 9.90. The average molecular weight is 222 g/mol. The summed E-state index contributed by atoms with van der Waals surface area (Å²) >= 11 is 0. The molecule has 2 N–H and O–H groups in total. The van der Waals surface area contributed by atoms with Crippen molar-refractivity contribution in [2.75, 3.05) is 0 Å². The zero-order valence-electron chi connectivity index (χ0n) is 9.43. The molecule has 2 aliphatic rings. The van der Waals surface area contributed by atoms with Crippen LogP contribution in [0.4, 0.5) is 0 Å². The van der Waals surface area contributed by atoms with Gasteiger partial charge in [-0.05, 0) is 25.7 Å². The first-order valence-corrected chi connectivity index (χ1v) is 6.11. The molecule has 0 bridgehead atoms. The lowest BCUT2D eigenvalue weighted by Crippen LogP contribution is -2.41. The summed E-state index contributed by atoms with van der Waals surface area (Å²) in [6.45, 7) is 1.63. The maximum absolute atomic E-state index is 5.76. The van der Waals surface area contributed by atoms with Gasteiger partial charge in [0.2, 0.25) is 0 Å². The highest BCUT2D eigenvalue weighted by atomic mass is 16.5. The minimum Gasteiger partial charge on any atom is -0.370 e. The van der Waals surface area contributed by atoms with Crippen LogP contribution in [0.5, 0.6) is 0 Å². The maximum Gasteiger partial charge on any atom is 0.159 e. The van der Waals surface area contributed by atoms with Crippen LogP contribution in [0.25, 0.3) is 0 Å². The lowest BCUT2D eigenvalue weighted by molar-refractivity contribution is -0.0229. The van der Waals surface area contributed by atoms with Crippen LogP contribution in [-0.2, 0) is 24.3 Å². The van der Waals surface area contributed by atoms with Crippen molar-refractivity contribution in [2.24, 2.45) is 5.73 Å². The van der Waals surface area contributed by atoms with Crippen LogP contribution >= 0.6 is 0 Å². The van der Waals surface area contributed by atoms with Gasteiger partial charge < -0.3 is 15.0 Å². The SMILES string of the molecule is NC1CC(OCc2nnc3n2CCCC3)C1. The quantitative estimate of drug-likeness (QED) is 0.814. The minimum absolute atomic E-state index is 0.339. The van der Waals surface area contributed by atoms with E-state index in [9.17, 15) is 0 Å². The Labute approximate surface area is 95.0 Å². The monoisotopic (exact) mass is 222 g/mol. The van der Waals surface area contributed by atoms with Crippen LogP contribution in [0.3, 0.4) is 0 Å². The second-order valence-corrected chi connectivity index (χ2v) is 4.81. The van der Waals surface area contributed by atoms with Gasteiger partial charge in [0.1, 0.15) is 12.4 Å². The van der Waals surface area contributed by atoms with Crippen LogP contribution in [0.15, 0.2) is 0 Å². The van der Waals surface area contributed by atoms with Gasteiger partial charge >= 0.3 is 0 Å². The van der Waals surface area contributed by atoms with Crippen molar-refractivity contribution in [2.45, 2.75) is 57.4 Å². The number of aryl methyl sites for hydroxylation is 1. The normalized spacial score (nSPS) is 28.6. The van der Waals surface area contributed by atoms with Crippen molar-refractivity contribution in [1.82, 2.24) is 14.8 Å². The van der Waals surface area contributed by atoms with E-state index < -0.39 is 0 Å². The molecule has 1 saturated carbocycles. The van der Waals surface area contributed by atoms with Crippen molar-refractivity contribution in [3.05, 3.63) is 11.6 Å². The van der Waals surface area contributed by atoms with E-state index in [1.54, 1.807) is 0 Å². The Bertz CT molecular complexity index is 370. The molecule has 0 atom stereocenters. The summed E-state index contributed by atoms with van der Waals surface area (Å²) in [6, 6.07) is 0.345. The molecule has 5 nitrogen and oxygen atoms in total. The second-order valence-electron chi connectivity index (χ2n) is 4.81. The van der Waals surface area contributed by atoms with E-state index in [1.165, 1.54) is 12.8 Å². The average Bonchev–Trinajstić information content (AvgIpc) is 2.66. The van der Waals surface area contributed by atoms with E-state index in [2.05, 4.69) is 14.8 Å². The van der Waals surface area contributed by atoms with Gasteiger partial charge in [-0.1, -0.05) is 0 Å². The van der Waals surface area contributed by atoms with Gasteiger partial charge in [-0.25, -0.2) is 0 Å². The molecule has 5 heteroatoms. The number of rotatable bonds is 3. The van der Waals surface area contributed by atoms with Crippen molar-refractivity contribution >= 4 is 0 Å². The summed E-state index contributed by atoms with van der Waals surface area (Å²) in [5.74, 6) is 2.10. The largest absolute Gasteiger partial charge is 0.370 e. The fraction of sp³-hybridized carbons (Fsp3) is 0.818. The Morgan fingerprint density at radius 2 is 2.19 bits per heavy atom. The number of fused-ring (bicyclic) bond motifs is 1. The number of nitrogens with two attached hydrogens (primary N) is 1. The molecule has 1 aliphatic carbocycles. The summed E-state index contributed by atoms with van der Waals surface area (Å²) in [5.41, 5.74) is 5.72. The topological polar surface area (TPSA) is 66.0 Å². The zero-order chi connectivity index (χ0) is 11.0. The minimum atomic E-state index is 0.339. The van der Waals surface area contributed by atoms with Gasteiger partial charge in [0.15, 0.2) is 5.82 Å². The van der Waals surface area contributed by atoms with E-state index >= 15 is 0 Å². The molecule has 2 heterocycles. The Hall–Kier alpha value is -0.940. The standard InChI is InChI=1S/C11H18N4O/c12-8-5-9(6-8)16-7-11-14-13-10-3-1-2-4-15(10)11/h8-9H,1-7,12H2. The predicted molar refractivity (Wildman–Crippen MR) is 58.7 cm³/mol. The molecule has 0 unspecified atom stereocenters.